The first-order chi connectivity index (χ1) is 10.2. The average molecular weight is 325 g/mol. The number of para-hydroxylation sites is 1. The molecule has 1 N–H and O–H groups in total. The number of hydrogen-bond acceptors (Lipinski definition) is 3. The molecule has 7 heteroatoms. The lowest BCUT2D eigenvalue weighted by atomic mass is 10.2. The van der Waals surface area contributed by atoms with E-state index in [0.29, 0.717) is 17.9 Å². The Balaban J connectivity index is 0.00000176. The molecule has 1 saturated heterocycles. The SMILES string of the molecule is C[C@H]1CNCCN1C(=O)c1ccn(-c2ccccc2F)n1.Cl. The summed E-state index contributed by atoms with van der Waals surface area (Å²) in [4.78, 5) is 14.3. The largest absolute Gasteiger partial charge is 0.332 e. The molecule has 0 radical (unpaired) electrons. The van der Waals surface area contributed by atoms with Gasteiger partial charge in [0.05, 0.1) is 0 Å². The van der Waals surface area contributed by atoms with Crippen LogP contribution in [0.25, 0.3) is 5.69 Å². The van der Waals surface area contributed by atoms with E-state index in [2.05, 4.69) is 10.4 Å². The van der Waals surface area contributed by atoms with Crippen LogP contribution in [0, 0.1) is 5.82 Å². The summed E-state index contributed by atoms with van der Waals surface area (Å²) in [6.45, 7) is 4.22. The average Bonchev–Trinajstić information content (AvgIpc) is 2.97. The first-order valence-corrected chi connectivity index (χ1v) is 6.99. The fraction of sp³-hybridized carbons (Fsp3) is 0.333. The van der Waals surface area contributed by atoms with E-state index in [9.17, 15) is 9.18 Å². The van der Waals surface area contributed by atoms with E-state index >= 15 is 0 Å². The fourth-order valence-electron chi connectivity index (χ4n) is 2.50. The van der Waals surface area contributed by atoms with Crippen LogP contribution in [0.5, 0.6) is 0 Å². The van der Waals surface area contributed by atoms with Crippen molar-refractivity contribution < 1.29 is 9.18 Å². The number of nitrogens with zero attached hydrogens (tertiary/aromatic N) is 3. The number of hydrogen-bond donors (Lipinski definition) is 1. The van der Waals surface area contributed by atoms with Gasteiger partial charge in [0.15, 0.2) is 5.69 Å². The van der Waals surface area contributed by atoms with Crippen LogP contribution >= 0.6 is 12.4 Å². The van der Waals surface area contributed by atoms with Crippen LogP contribution in [0.15, 0.2) is 36.5 Å². The third-order valence-corrected chi connectivity index (χ3v) is 3.67. The van der Waals surface area contributed by atoms with E-state index in [-0.39, 0.29) is 30.2 Å². The summed E-state index contributed by atoms with van der Waals surface area (Å²) in [6, 6.07) is 8.12. The van der Waals surface area contributed by atoms with Gasteiger partial charge in [-0.25, -0.2) is 9.07 Å². The van der Waals surface area contributed by atoms with Gasteiger partial charge in [-0.15, -0.1) is 12.4 Å². The first-order valence-electron chi connectivity index (χ1n) is 6.99. The molecule has 0 saturated carbocycles. The summed E-state index contributed by atoms with van der Waals surface area (Å²) >= 11 is 0. The minimum atomic E-state index is -0.366. The Bertz CT molecular complexity index is 660. The quantitative estimate of drug-likeness (QED) is 0.917. The Kier molecular flexibility index (Phi) is 5.15. The van der Waals surface area contributed by atoms with Crippen LogP contribution in [-0.4, -0.2) is 46.3 Å². The van der Waals surface area contributed by atoms with Crippen LogP contribution in [0.1, 0.15) is 17.4 Å². The zero-order valence-corrected chi connectivity index (χ0v) is 13.0. The minimum Gasteiger partial charge on any atom is -0.332 e. The predicted molar refractivity (Wildman–Crippen MR) is 84.1 cm³/mol. The van der Waals surface area contributed by atoms with Gasteiger partial charge in [-0.1, -0.05) is 12.1 Å². The molecule has 1 amide bonds. The predicted octanol–water partition coefficient (Wildman–Crippen LogP) is 1.87. The fourth-order valence-corrected chi connectivity index (χ4v) is 2.50. The number of piperazine rings is 1. The van der Waals surface area contributed by atoms with E-state index in [0.717, 1.165) is 13.1 Å². The summed E-state index contributed by atoms with van der Waals surface area (Å²) in [5, 5.41) is 7.46. The third kappa shape index (κ3) is 3.13. The molecule has 1 fully saturated rings. The van der Waals surface area contributed by atoms with E-state index in [1.54, 1.807) is 35.4 Å². The van der Waals surface area contributed by atoms with Crippen molar-refractivity contribution in [3.8, 4) is 5.69 Å². The Morgan fingerprint density at radius 3 is 2.86 bits per heavy atom. The molecule has 0 spiro atoms. The molecule has 1 aliphatic heterocycles. The molecule has 1 atom stereocenters. The van der Waals surface area contributed by atoms with Gasteiger partial charge < -0.3 is 10.2 Å². The maximum absolute atomic E-state index is 13.7. The van der Waals surface area contributed by atoms with Crippen molar-refractivity contribution in [3.63, 3.8) is 0 Å². The lowest BCUT2D eigenvalue weighted by Gasteiger charge is -2.33. The van der Waals surface area contributed by atoms with Crippen LogP contribution in [0.4, 0.5) is 4.39 Å². The maximum Gasteiger partial charge on any atom is 0.274 e. The van der Waals surface area contributed by atoms with Crippen molar-refractivity contribution in [1.82, 2.24) is 20.0 Å². The van der Waals surface area contributed by atoms with Crippen molar-refractivity contribution in [2.75, 3.05) is 19.6 Å². The Morgan fingerprint density at radius 2 is 2.14 bits per heavy atom. The normalized spacial score (nSPS) is 17.9. The highest BCUT2D eigenvalue weighted by molar-refractivity contribution is 5.92. The molecule has 2 heterocycles. The topological polar surface area (TPSA) is 50.2 Å². The summed E-state index contributed by atoms with van der Waals surface area (Å²) in [5.41, 5.74) is 0.678. The summed E-state index contributed by atoms with van der Waals surface area (Å²) in [5.74, 6) is -0.478. The van der Waals surface area contributed by atoms with Crippen molar-refractivity contribution >= 4 is 18.3 Å². The zero-order chi connectivity index (χ0) is 14.8. The number of rotatable bonds is 2. The lowest BCUT2D eigenvalue weighted by Crippen LogP contribution is -2.52. The molecule has 5 nitrogen and oxygen atoms in total. The Morgan fingerprint density at radius 1 is 1.36 bits per heavy atom. The number of aromatic nitrogens is 2. The Hall–Kier alpha value is -1.92. The number of nitrogens with one attached hydrogen (secondary N) is 1. The molecule has 0 aliphatic carbocycles. The summed E-state index contributed by atoms with van der Waals surface area (Å²) < 4.78 is 15.1. The molecule has 2 aromatic rings. The molecule has 22 heavy (non-hydrogen) atoms. The van der Waals surface area contributed by atoms with Gasteiger partial charge in [0, 0.05) is 31.9 Å². The van der Waals surface area contributed by atoms with Gasteiger partial charge in [-0.2, -0.15) is 5.10 Å². The molecule has 1 aromatic heterocycles. The van der Waals surface area contributed by atoms with Gasteiger partial charge in [0.2, 0.25) is 0 Å². The van der Waals surface area contributed by atoms with Crippen LogP contribution in [0.3, 0.4) is 0 Å². The molecule has 3 rings (SSSR count). The number of benzene rings is 1. The van der Waals surface area contributed by atoms with Gasteiger partial charge in [-0.05, 0) is 25.1 Å². The minimum absolute atomic E-state index is 0. The molecular weight excluding hydrogens is 307 g/mol. The van der Waals surface area contributed by atoms with Crippen LogP contribution in [-0.2, 0) is 0 Å². The highest BCUT2D eigenvalue weighted by Crippen LogP contribution is 2.14. The van der Waals surface area contributed by atoms with Gasteiger partial charge in [0.25, 0.3) is 5.91 Å². The van der Waals surface area contributed by atoms with Gasteiger partial charge in [0.1, 0.15) is 11.5 Å². The van der Waals surface area contributed by atoms with E-state index < -0.39 is 0 Å². The smallest absolute Gasteiger partial charge is 0.274 e. The van der Waals surface area contributed by atoms with E-state index in [1.807, 2.05) is 6.92 Å². The summed E-state index contributed by atoms with van der Waals surface area (Å²) in [6.07, 6.45) is 1.61. The first kappa shape index (κ1) is 16.5. The van der Waals surface area contributed by atoms with Crippen molar-refractivity contribution in [2.24, 2.45) is 0 Å². The number of amides is 1. The lowest BCUT2D eigenvalue weighted by molar-refractivity contribution is 0.0649. The molecule has 118 valence electrons. The molecular formula is C15H18ClFN4O. The molecule has 1 aromatic carbocycles. The second-order valence-electron chi connectivity index (χ2n) is 5.15. The van der Waals surface area contributed by atoms with Crippen molar-refractivity contribution in [1.29, 1.82) is 0 Å². The third-order valence-electron chi connectivity index (χ3n) is 3.67. The van der Waals surface area contributed by atoms with Crippen molar-refractivity contribution in [2.45, 2.75) is 13.0 Å². The second kappa shape index (κ2) is 6.89. The number of halogens is 2. The van der Waals surface area contributed by atoms with Gasteiger partial charge in [-0.3, -0.25) is 4.79 Å². The monoisotopic (exact) mass is 324 g/mol. The number of carbonyl (C=O) groups is 1. The second-order valence-corrected chi connectivity index (χ2v) is 5.15. The van der Waals surface area contributed by atoms with Crippen LogP contribution in [0.2, 0.25) is 0 Å². The molecule has 0 bridgehead atoms. The highest BCUT2D eigenvalue weighted by Gasteiger charge is 2.25. The summed E-state index contributed by atoms with van der Waals surface area (Å²) in [7, 11) is 0. The molecule has 0 unspecified atom stereocenters. The standard InChI is InChI=1S/C15H17FN4O.ClH/c1-11-10-17-7-9-19(11)15(21)13-6-8-20(18-13)14-5-3-2-4-12(14)16;/h2-6,8,11,17H,7,9-10H2,1H3;1H/t11-;/m0./s1. The van der Waals surface area contributed by atoms with E-state index in [4.69, 9.17) is 0 Å². The van der Waals surface area contributed by atoms with Crippen LogP contribution < -0.4 is 5.32 Å². The highest BCUT2D eigenvalue weighted by atomic mass is 35.5. The van der Waals surface area contributed by atoms with Gasteiger partial charge >= 0.3 is 0 Å². The Labute approximate surface area is 134 Å². The van der Waals surface area contributed by atoms with E-state index in [1.165, 1.54) is 10.7 Å². The molecule has 1 aliphatic rings. The number of carbonyl (C=O) groups excluding carboxylic acids is 1. The van der Waals surface area contributed by atoms with Crippen molar-refractivity contribution in [3.05, 3.63) is 48.0 Å². The maximum atomic E-state index is 13.7. The zero-order valence-electron chi connectivity index (χ0n) is 12.2.